The van der Waals surface area contributed by atoms with Crippen molar-refractivity contribution >= 4 is 21.7 Å². The standard InChI is InChI=1S/C13H18N2O4S/c1-9(13(16)19-2)14-11-5-3-4-6-12(11)20(17,18)15-10-7-8-10/h3-6,9-10,14-15H,7-8H2,1-2H3. The lowest BCUT2D eigenvalue weighted by atomic mass is 10.2. The number of ether oxygens (including phenoxy) is 1. The van der Waals surface area contributed by atoms with Gasteiger partial charge < -0.3 is 10.1 Å². The van der Waals surface area contributed by atoms with Crippen LogP contribution in [0.15, 0.2) is 29.2 Å². The average Bonchev–Trinajstić information content (AvgIpc) is 3.21. The molecule has 2 N–H and O–H groups in total. The van der Waals surface area contributed by atoms with Crippen LogP contribution >= 0.6 is 0 Å². The van der Waals surface area contributed by atoms with Gasteiger partial charge in [-0.3, -0.25) is 0 Å². The van der Waals surface area contributed by atoms with Gasteiger partial charge in [-0.2, -0.15) is 0 Å². The molecule has 0 bridgehead atoms. The van der Waals surface area contributed by atoms with Crippen molar-refractivity contribution < 1.29 is 17.9 Å². The highest BCUT2D eigenvalue weighted by Gasteiger charge is 2.29. The molecule has 1 aliphatic carbocycles. The van der Waals surface area contributed by atoms with Gasteiger partial charge in [0.1, 0.15) is 10.9 Å². The van der Waals surface area contributed by atoms with Crippen molar-refractivity contribution in [3.05, 3.63) is 24.3 Å². The fourth-order valence-electron chi connectivity index (χ4n) is 1.77. The Morgan fingerprint density at radius 3 is 2.60 bits per heavy atom. The van der Waals surface area contributed by atoms with E-state index in [4.69, 9.17) is 0 Å². The fourth-order valence-corrected chi connectivity index (χ4v) is 3.25. The van der Waals surface area contributed by atoms with Crippen LogP contribution in [0.25, 0.3) is 0 Å². The van der Waals surface area contributed by atoms with E-state index >= 15 is 0 Å². The summed E-state index contributed by atoms with van der Waals surface area (Å²) in [5.74, 6) is -0.452. The number of methoxy groups -OCH3 is 1. The summed E-state index contributed by atoms with van der Waals surface area (Å²) in [7, 11) is -2.28. The Hall–Kier alpha value is -1.60. The first kappa shape index (κ1) is 14.8. The zero-order valence-electron chi connectivity index (χ0n) is 11.4. The molecule has 1 saturated carbocycles. The molecule has 0 heterocycles. The number of carbonyl (C=O) groups is 1. The summed E-state index contributed by atoms with van der Waals surface area (Å²) in [6.07, 6.45) is 1.74. The number of nitrogens with one attached hydrogen (secondary N) is 2. The number of para-hydroxylation sites is 1. The maximum absolute atomic E-state index is 12.3. The molecule has 2 rings (SSSR count). The van der Waals surface area contributed by atoms with Gasteiger partial charge in [-0.15, -0.1) is 0 Å². The molecular weight excluding hydrogens is 280 g/mol. The highest BCUT2D eigenvalue weighted by Crippen LogP contribution is 2.26. The molecule has 7 heteroatoms. The molecule has 110 valence electrons. The number of hydrogen-bond acceptors (Lipinski definition) is 5. The maximum atomic E-state index is 12.3. The lowest BCUT2D eigenvalue weighted by Crippen LogP contribution is -2.30. The Labute approximate surface area is 118 Å². The zero-order valence-corrected chi connectivity index (χ0v) is 12.2. The molecule has 1 fully saturated rings. The molecule has 6 nitrogen and oxygen atoms in total. The predicted molar refractivity (Wildman–Crippen MR) is 74.9 cm³/mol. The van der Waals surface area contributed by atoms with Crippen LogP contribution in [-0.4, -0.2) is 33.6 Å². The second-order valence-electron chi connectivity index (χ2n) is 4.78. The minimum atomic E-state index is -3.57. The van der Waals surface area contributed by atoms with Gasteiger partial charge >= 0.3 is 5.97 Å². The Balaban J connectivity index is 2.23. The van der Waals surface area contributed by atoms with Crippen LogP contribution in [-0.2, 0) is 19.6 Å². The average molecular weight is 298 g/mol. The largest absolute Gasteiger partial charge is 0.467 e. The smallest absolute Gasteiger partial charge is 0.327 e. The molecule has 1 aromatic carbocycles. The predicted octanol–water partition coefficient (Wildman–Crippen LogP) is 1.10. The third-order valence-corrected chi connectivity index (χ3v) is 4.58. The van der Waals surface area contributed by atoms with Crippen molar-refractivity contribution in [1.82, 2.24) is 4.72 Å². The summed E-state index contributed by atoms with van der Waals surface area (Å²) in [6.45, 7) is 1.61. The monoisotopic (exact) mass is 298 g/mol. The molecule has 0 amide bonds. The van der Waals surface area contributed by atoms with Gasteiger partial charge in [0.2, 0.25) is 10.0 Å². The summed E-state index contributed by atoms with van der Waals surface area (Å²) in [5, 5.41) is 2.87. The Kier molecular flexibility index (Phi) is 4.29. The van der Waals surface area contributed by atoms with Crippen molar-refractivity contribution in [3.8, 4) is 0 Å². The quantitative estimate of drug-likeness (QED) is 0.768. The molecule has 0 aromatic heterocycles. The van der Waals surface area contributed by atoms with E-state index in [-0.39, 0.29) is 10.9 Å². The van der Waals surface area contributed by atoms with E-state index in [1.165, 1.54) is 13.2 Å². The molecular formula is C13H18N2O4S. The molecule has 0 radical (unpaired) electrons. The van der Waals surface area contributed by atoms with Crippen molar-refractivity contribution in [2.75, 3.05) is 12.4 Å². The van der Waals surface area contributed by atoms with E-state index in [1.807, 2.05) is 0 Å². The number of hydrogen-bond donors (Lipinski definition) is 2. The highest BCUT2D eigenvalue weighted by atomic mass is 32.2. The number of rotatable bonds is 6. The van der Waals surface area contributed by atoms with Gasteiger partial charge in [-0.05, 0) is 31.9 Å². The summed E-state index contributed by atoms with van der Waals surface area (Å²) in [6, 6.07) is 5.90. The van der Waals surface area contributed by atoms with Crippen molar-refractivity contribution in [2.24, 2.45) is 0 Å². The summed E-state index contributed by atoms with van der Waals surface area (Å²) >= 11 is 0. The van der Waals surface area contributed by atoms with Gasteiger partial charge in [-0.1, -0.05) is 12.1 Å². The maximum Gasteiger partial charge on any atom is 0.327 e. The molecule has 20 heavy (non-hydrogen) atoms. The van der Waals surface area contributed by atoms with E-state index in [1.54, 1.807) is 25.1 Å². The van der Waals surface area contributed by atoms with E-state index in [0.717, 1.165) is 12.8 Å². The van der Waals surface area contributed by atoms with Crippen molar-refractivity contribution in [2.45, 2.75) is 36.7 Å². The van der Waals surface area contributed by atoms with Crippen LogP contribution in [0.1, 0.15) is 19.8 Å². The Morgan fingerprint density at radius 1 is 1.35 bits per heavy atom. The Bertz CT molecular complexity index is 596. The Morgan fingerprint density at radius 2 is 2.00 bits per heavy atom. The van der Waals surface area contributed by atoms with Gasteiger partial charge in [0, 0.05) is 6.04 Å². The van der Waals surface area contributed by atoms with E-state index in [0.29, 0.717) is 5.69 Å². The van der Waals surface area contributed by atoms with Gasteiger partial charge in [-0.25, -0.2) is 17.9 Å². The van der Waals surface area contributed by atoms with Crippen LogP contribution in [0, 0.1) is 0 Å². The number of sulfonamides is 1. The number of benzene rings is 1. The molecule has 1 unspecified atom stereocenters. The SMILES string of the molecule is COC(=O)C(C)Nc1ccccc1S(=O)(=O)NC1CC1. The molecule has 0 spiro atoms. The number of anilines is 1. The first-order valence-corrected chi connectivity index (χ1v) is 7.88. The lowest BCUT2D eigenvalue weighted by Gasteiger charge is -2.16. The van der Waals surface area contributed by atoms with Crippen LogP contribution < -0.4 is 10.0 Å². The topological polar surface area (TPSA) is 84.5 Å². The molecule has 1 aliphatic rings. The van der Waals surface area contributed by atoms with Crippen molar-refractivity contribution in [3.63, 3.8) is 0 Å². The third-order valence-electron chi connectivity index (χ3n) is 3.00. The summed E-state index contributed by atoms with van der Waals surface area (Å²) in [4.78, 5) is 11.6. The normalized spacial score (nSPS) is 16.5. The van der Waals surface area contributed by atoms with Gasteiger partial charge in [0.15, 0.2) is 0 Å². The van der Waals surface area contributed by atoms with E-state index in [9.17, 15) is 13.2 Å². The summed E-state index contributed by atoms with van der Waals surface area (Å²) < 4.78 is 31.8. The summed E-state index contributed by atoms with van der Waals surface area (Å²) in [5.41, 5.74) is 0.388. The molecule has 1 aromatic rings. The van der Waals surface area contributed by atoms with Crippen LogP contribution in [0.2, 0.25) is 0 Å². The second-order valence-corrected chi connectivity index (χ2v) is 6.46. The lowest BCUT2D eigenvalue weighted by molar-refractivity contribution is -0.141. The fraction of sp³-hybridized carbons (Fsp3) is 0.462. The van der Waals surface area contributed by atoms with E-state index in [2.05, 4.69) is 14.8 Å². The number of carbonyl (C=O) groups excluding carboxylic acids is 1. The molecule has 1 atom stereocenters. The minimum Gasteiger partial charge on any atom is -0.467 e. The minimum absolute atomic E-state index is 0.0334. The third kappa shape index (κ3) is 3.49. The van der Waals surface area contributed by atoms with Crippen molar-refractivity contribution in [1.29, 1.82) is 0 Å². The van der Waals surface area contributed by atoms with E-state index < -0.39 is 22.0 Å². The first-order chi connectivity index (χ1) is 9.44. The second kappa shape index (κ2) is 5.80. The van der Waals surface area contributed by atoms with Gasteiger partial charge in [0.25, 0.3) is 0 Å². The molecule has 0 saturated heterocycles. The van der Waals surface area contributed by atoms with Crippen LogP contribution in [0.5, 0.6) is 0 Å². The highest BCUT2D eigenvalue weighted by molar-refractivity contribution is 7.89. The number of esters is 1. The zero-order chi connectivity index (χ0) is 14.8. The first-order valence-electron chi connectivity index (χ1n) is 6.40. The molecule has 0 aliphatic heterocycles. The van der Waals surface area contributed by atoms with Gasteiger partial charge in [0.05, 0.1) is 12.8 Å². The van der Waals surface area contributed by atoms with Crippen LogP contribution in [0.4, 0.5) is 5.69 Å². The van der Waals surface area contributed by atoms with Crippen LogP contribution in [0.3, 0.4) is 0 Å².